The molecule has 5 aromatic rings. The van der Waals surface area contributed by atoms with Gasteiger partial charge in [-0.15, -0.1) is 0 Å². The standard InChI is InChI=1S/C31H23BN2/c1-22-11-9-14-24(21-22)34-28-18-8-6-16-26(28)32-25-15-5-7-17-27(25)33(23-12-3-2-4-13-23)29-19-10-20-30(34)31(29)32/h2-21H,1H3. The highest BCUT2D eigenvalue weighted by molar-refractivity contribution is 7.00. The molecule has 0 aromatic heterocycles. The van der Waals surface area contributed by atoms with E-state index in [0.29, 0.717) is 0 Å². The fourth-order valence-corrected chi connectivity index (χ4v) is 5.74. The summed E-state index contributed by atoms with van der Waals surface area (Å²) < 4.78 is 0. The van der Waals surface area contributed by atoms with Crippen LogP contribution in [0.2, 0.25) is 0 Å². The molecule has 160 valence electrons. The van der Waals surface area contributed by atoms with E-state index >= 15 is 0 Å². The normalized spacial score (nSPS) is 13.3. The van der Waals surface area contributed by atoms with Crippen LogP contribution in [0.25, 0.3) is 0 Å². The minimum atomic E-state index is 0.194. The van der Waals surface area contributed by atoms with Crippen molar-refractivity contribution in [2.75, 3.05) is 9.80 Å². The number of anilines is 6. The molecule has 0 aliphatic carbocycles. The summed E-state index contributed by atoms with van der Waals surface area (Å²) in [6.45, 7) is 2.36. The van der Waals surface area contributed by atoms with Crippen molar-refractivity contribution in [2.24, 2.45) is 0 Å². The highest BCUT2D eigenvalue weighted by Gasteiger charge is 2.42. The monoisotopic (exact) mass is 434 g/mol. The average Bonchev–Trinajstić information content (AvgIpc) is 2.89. The Kier molecular flexibility index (Phi) is 4.19. The number of hydrogen-bond donors (Lipinski definition) is 0. The first-order valence-corrected chi connectivity index (χ1v) is 11.8. The van der Waals surface area contributed by atoms with Gasteiger partial charge >= 0.3 is 0 Å². The molecule has 0 saturated heterocycles. The third-order valence-electron chi connectivity index (χ3n) is 7.08. The number of rotatable bonds is 2. The van der Waals surface area contributed by atoms with Crippen molar-refractivity contribution in [2.45, 2.75) is 6.92 Å². The van der Waals surface area contributed by atoms with E-state index in [1.165, 1.54) is 56.1 Å². The van der Waals surface area contributed by atoms with Crippen LogP contribution in [0.5, 0.6) is 0 Å². The summed E-state index contributed by atoms with van der Waals surface area (Å²) in [5, 5.41) is 0. The number of aryl methyl sites for hydroxylation is 1. The number of para-hydroxylation sites is 3. The Hall–Kier alpha value is -4.24. The second kappa shape index (κ2) is 7.39. The third kappa shape index (κ3) is 2.70. The van der Waals surface area contributed by atoms with Crippen molar-refractivity contribution < 1.29 is 0 Å². The summed E-state index contributed by atoms with van der Waals surface area (Å²) >= 11 is 0. The molecule has 0 saturated carbocycles. The van der Waals surface area contributed by atoms with E-state index in [0.717, 1.165) is 0 Å². The van der Waals surface area contributed by atoms with Gasteiger partial charge in [0.1, 0.15) is 0 Å². The van der Waals surface area contributed by atoms with Gasteiger partial charge in [0.25, 0.3) is 6.71 Å². The molecule has 0 amide bonds. The molecule has 0 radical (unpaired) electrons. The van der Waals surface area contributed by atoms with Gasteiger partial charge in [-0.25, -0.2) is 0 Å². The first-order valence-electron chi connectivity index (χ1n) is 11.8. The highest BCUT2D eigenvalue weighted by Crippen LogP contribution is 2.43. The van der Waals surface area contributed by atoms with Crippen LogP contribution in [0.1, 0.15) is 5.56 Å². The SMILES string of the molecule is Cc1cccc(N2c3ccccc3B3c4ccccc4N(c4ccccc4)c4cccc2c43)c1. The lowest BCUT2D eigenvalue weighted by molar-refractivity contribution is 1.25. The molecule has 34 heavy (non-hydrogen) atoms. The van der Waals surface area contributed by atoms with Gasteiger partial charge in [0.05, 0.1) is 0 Å². The third-order valence-corrected chi connectivity index (χ3v) is 7.08. The van der Waals surface area contributed by atoms with Crippen LogP contribution in [-0.4, -0.2) is 6.71 Å². The molecule has 0 unspecified atom stereocenters. The van der Waals surface area contributed by atoms with Crippen molar-refractivity contribution in [3.8, 4) is 0 Å². The van der Waals surface area contributed by atoms with E-state index in [2.05, 4.69) is 138 Å². The van der Waals surface area contributed by atoms with E-state index in [-0.39, 0.29) is 6.71 Å². The van der Waals surface area contributed by atoms with Crippen LogP contribution in [0, 0.1) is 6.92 Å². The molecule has 2 heterocycles. The topological polar surface area (TPSA) is 6.48 Å². The Morgan fingerprint density at radius 3 is 1.62 bits per heavy atom. The first kappa shape index (κ1) is 19.3. The average molecular weight is 434 g/mol. The van der Waals surface area contributed by atoms with E-state index in [1.54, 1.807) is 0 Å². The highest BCUT2D eigenvalue weighted by atomic mass is 15.2. The molecule has 7 rings (SSSR count). The van der Waals surface area contributed by atoms with Crippen LogP contribution in [0.15, 0.2) is 121 Å². The number of benzene rings is 5. The number of hydrogen-bond acceptors (Lipinski definition) is 2. The van der Waals surface area contributed by atoms with Crippen molar-refractivity contribution in [1.82, 2.24) is 0 Å². The molecule has 5 aromatic carbocycles. The summed E-state index contributed by atoms with van der Waals surface area (Å²) in [5.41, 5.74) is 12.7. The van der Waals surface area contributed by atoms with Crippen LogP contribution in [0.4, 0.5) is 34.1 Å². The lowest BCUT2D eigenvalue weighted by atomic mass is 9.33. The van der Waals surface area contributed by atoms with Gasteiger partial charge in [-0.3, -0.25) is 0 Å². The smallest absolute Gasteiger partial charge is 0.252 e. The largest absolute Gasteiger partial charge is 0.311 e. The van der Waals surface area contributed by atoms with E-state index < -0.39 is 0 Å². The fraction of sp³-hybridized carbons (Fsp3) is 0.0323. The summed E-state index contributed by atoms with van der Waals surface area (Å²) in [6.07, 6.45) is 0. The molecular formula is C31H23BN2. The molecular weight excluding hydrogens is 411 g/mol. The Morgan fingerprint density at radius 2 is 0.971 bits per heavy atom. The Labute approximate surface area is 200 Å². The molecule has 3 heteroatoms. The molecule has 2 nitrogen and oxygen atoms in total. The van der Waals surface area contributed by atoms with Gasteiger partial charge in [0.15, 0.2) is 0 Å². The Balaban J connectivity index is 1.58. The van der Waals surface area contributed by atoms with Crippen molar-refractivity contribution in [1.29, 1.82) is 0 Å². The van der Waals surface area contributed by atoms with Crippen molar-refractivity contribution >= 4 is 57.2 Å². The lowest BCUT2D eigenvalue weighted by Gasteiger charge is -2.44. The van der Waals surface area contributed by atoms with Crippen molar-refractivity contribution in [3.05, 3.63) is 127 Å². The summed E-state index contributed by atoms with van der Waals surface area (Å²) in [7, 11) is 0. The van der Waals surface area contributed by atoms with Crippen molar-refractivity contribution in [3.63, 3.8) is 0 Å². The van der Waals surface area contributed by atoms with E-state index in [9.17, 15) is 0 Å². The Morgan fingerprint density at radius 1 is 0.471 bits per heavy atom. The first-order chi connectivity index (χ1) is 16.8. The molecule has 0 fully saturated rings. The number of fused-ring (bicyclic) bond motifs is 4. The zero-order valence-corrected chi connectivity index (χ0v) is 19.0. The lowest BCUT2D eigenvalue weighted by Crippen LogP contribution is -2.61. The fourth-order valence-electron chi connectivity index (χ4n) is 5.74. The molecule has 0 spiro atoms. The minimum Gasteiger partial charge on any atom is -0.311 e. The predicted octanol–water partition coefficient (Wildman–Crippen LogP) is 6.08. The molecule has 2 aliphatic rings. The summed E-state index contributed by atoms with van der Waals surface area (Å²) in [6, 6.07) is 44.1. The van der Waals surface area contributed by atoms with Gasteiger partial charge in [-0.05, 0) is 77.4 Å². The number of nitrogens with zero attached hydrogens (tertiary/aromatic N) is 2. The minimum absolute atomic E-state index is 0.194. The van der Waals surface area contributed by atoms with E-state index in [4.69, 9.17) is 0 Å². The second-order valence-corrected chi connectivity index (χ2v) is 9.11. The maximum absolute atomic E-state index is 2.44. The maximum Gasteiger partial charge on any atom is 0.252 e. The summed E-state index contributed by atoms with van der Waals surface area (Å²) in [4.78, 5) is 4.86. The molecule has 0 atom stereocenters. The zero-order chi connectivity index (χ0) is 22.6. The summed E-state index contributed by atoms with van der Waals surface area (Å²) in [5.74, 6) is 0. The van der Waals surface area contributed by atoms with E-state index in [1.807, 2.05) is 0 Å². The van der Waals surface area contributed by atoms with Crippen LogP contribution in [-0.2, 0) is 0 Å². The molecule has 0 bridgehead atoms. The van der Waals surface area contributed by atoms with Gasteiger partial charge in [-0.1, -0.05) is 72.8 Å². The van der Waals surface area contributed by atoms with Gasteiger partial charge < -0.3 is 9.80 Å². The zero-order valence-electron chi connectivity index (χ0n) is 19.0. The van der Waals surface area contributed by atoms with Gasteiger partial charge in [0, 0.05) is 34.1 Å². The van der Waals surface area contributed by atoms with Crippen LogP contribution >= 0.6 is 0 Å². The second-order valence-electron chi connectivity index (χ2n) is 9.11. The van der Waals surface area contributed by atoms with Crippen LogP contribution in [0.3, 0.4) is 0 Å². The molecule has 0 N–H and O–H groups in total. The molecule has 2 aliphatic heterocycles. The predicted molar refractivity (Wildman–Crippen MR) is 145 cm³/mol. The Bertz CT molecular complexity index is 1540. The van der Waals surface area contributed by atoms with Gasteiger partial charge in [0.2, 0.25) is 0 Å². The quantitative estimate of drug-likeness (QED) is 0.305. The maximum atomic E-state index is 2.44. The van der Waals surface area contributed by atoms with Gasteiger partial charge in [-0.2, -0.15) is 0 Å². The van der Waals surface area contributed by atoms with Crippen LogP contribution < -0.4 is 26.2 Å².